The molecule has 0 saturated heterocycles. The Labute approximate surface area is 131 Å². The van der Waals surface area contributed by atoms with E-state index in [1.54, 1.807) is 20.8 Å². The molecule has 0 atom stereocenters. The Bertz CT molecular complexity index is 865. The monoisotopic (exact) mass is 320 g/mol. The van der Waals surface area contributed by atoms with Gasteiger partial charge in [-0.15, -0.1) is 0 Å². The second kappa shape index (κ2) is 5.32. The van der Waals surface area contributed by atoms with Gasteiger partial charge in [0.15, 0.2) is 0 Å². The standard InChI is InChI=1S/C17H20O4S/c1-9-6-14(18)13(5)16(7-9)22(20,21)17-12(4)11(3)10(2)8-15(17)19/h6-8,18-19H,1-5H3. The molecule has 22 heavy (non-hydrogen) atoms. The topological polar surface area (TPSA) is 74.6 Å². The van der Waals surface area contributed by atoms with Crippen LogP contribution >= 0.6 is 0 Å². The number of rotatable bonds is 2. The van der Waals surface area contributed by atoms with Crippen LogP contribution in [0.25, 0.3) is 0 Å². The van der Waals surface area contributed by atoms with Gasteiger partial charge < -0.3 is 10.2 Å². The lowest BCUT2D eigenvalue weighted by Gasteiger charge is -2.16. The summed E-state index contributed by atoms with van der Waals surface area (Å²) < 4.78 is 26.0. The molecule has 0 bridgehead atoms. The van der Waals surface area contributed by atoms with E-state index in [-0.39, 0.29) is 26.9 Å². The first-order valence-corrected chi connectivity index (χ1v) is 8.40. The Balaban J connectivity index is 2.86. The van der Waals surface area contributed by atoms with Gasteiger partial charge in [-0.1, -0.05) is 0 Å². The predicted molar refractivity (Wildman–Crippen MR) is 85.4 cm³/mol. The molecule has 4 nitrogen and oxygen atoms in total. The van der Waals surface area contributed by atoms with Crippen LogP contribution in [0, 0.1) is 34.6 Å². The lowest BCUT2D eigenvalue weighted by atomic mass is 10.0. The van der Waals surface area contributed by atoms with Crippen molar-refractivity contribution < 1.29 is 18.6 Å². The molecule has 0 amide bonds. The van der Waals surface area contributed by atoms with Crippen molar-refractivity contribution in [2.45, 2.75) is 44.4 Å². The van der Waals surface area contributed by atoms with E-state index in [0.717, 1.165) is 11.1 Å². The number of sulfone groups is 1. The minimum atomic E-state index is -3.93. The maximum Gasteiger partial charge on any atom is 0.210 e. The van der Waals surface area contributed by atoms with Gasteiger partial charge in [0.25, 0.3) is 0 Å². The van der Waals surface area contributed by atoms with E-state index in [2.05, 4.69) is 0 Å². The Kier molecular flexibility index (Phi) is 3.96. The van der Waals surface area contributed by atoms with Gasteiger partial charge in [-0.3, -0.25) is 0 Å². The Morgan fingerprint density at radius 1 is 0.773 bits per heavy atom. The molecule has 0 aliphatic rings. The van der Waals surface area contributed by atoms with E-state index in [1.165, 1.54) is 18.2 Å². The van der Waals surface area contributed by atoms with Gasteiger partial charge >= 0.3 is 0 Å². The molecule has 0 aromatic heterocycles. The summed E-state index contributed by atoms with van der Waals surface area (Å²) in [5.41, 5.74) is 3.10. The molecule has 0 aliphatic carbocycles. The minimum absolute atomic E-state index is 0.0200. The van der Waals surface area contributed by atoms with Crippen LogP contribution in [-0.2, 0) is 9.84 Å². The molecule has 0 heterocycles. The highest BCUT2D eigenvalue weighted by Gasteiger charge is 2.28. The van der Waals surface area contributed by atoms with E-state index >= 15 is 0 Å². The molecule has 0 spiro atoms. The van der Waals surface area contributed by atoms with E-state index in [4.69, 9.17) is 0 Å². The van der Waals surface area contributed by atoms with Gasteiger partial charge in [0, 0.05) is 5.56 Å². The highest BCUT2D eigenvalue weighted by atomic mass is 32.2. The first-order chi connectivity index (χ1) is 10.1. The fourth-order valence-corrected chi connectivity index (χ4v) is 4.53. The zero-order valence-electron chi connectivity index (χ0n) is 13.4. The fraction of sp³-hybridized carbons (Fsp3) is 0.294. The molecular weight excluding hydrogens is 300 g/mol. The lowest BCUT2D eigenvalue weighted by molar-refractivity contribution is 0.455. The van der Waals surface area contributed by atoms with Gasteiger partial charge in [0.1, 0.15) is 16.4 Å². The Morgan fingerprint density at radius 3 is 1.95 bits per heavy atom. The Morgan fingerprint density at radius 2 is 1.36 bits per heavy atom. The van der Waals surface area contributed by atoms with Crippen molar-refractivity contribution in [2.75, 3.05) is 0 Å². The van der Waals surface area contributed by atoms with Crippen molar-refractivity contribution >= 4 is 9.84 Å². The molecular formula is C17H20O4S. The van der Waals surface area contributed by atoms with Gasteiger partial charge in [-0.25, -0.2) is 8.42 Å². The van der Waals surface area contributed by atoms with Crippen LogP contribution in [0.1, 0.15) is 27.8 Å². The van der Waals surface area contributed by atoms with Gasteiger partial charge in [0.2, 0.25) is 9.84 Å². The highest BCUT2D eigenvalue weighted by molar-refractivity contribution is 7.91. The number of phenols is 2. The van der Waals surface area contributed by atoms with Crippen LogP contribution in [0.2, 0.25) is 0 Å². The molecule has 2 rings (SSSR count). The van der Waals surface area contributed by atoms with Crippen LogP contribution < -0.4 is 0 Å². The molecule has 0 saturated carbocycles. The highest BCUT2D eigenvalue weighted by Crippen LogP contribution is 2.37. The SMILES string of the molecule is Cc1cc(O)c(C)c(S(=O)(=O)c2c(O)cc(C)c(C)c2C)c1. The summed E-state index contributed by atoms with van der Waals surface area (Å²) in [6, 6.07) is 4.49. The van der Waals surface area contributed by atoms with Crippen LogP contribution in [0.3, 0.4) is 0 Å². The van der Waals surface area contributed by atoms with Crippen molar-refractivity contribution in [3.63, 3.8) is 0 Å². The third-order valence-corrected chi connectivity index (χ3v) is 6.17. The number of aromatic hydroxyl groups is 2. The summed E-state index contributed by atoms with van der Waals surface area (Å²) in [6.07, 6.45) is 0. The lowest BCUT2D eigenvalue weighted by Crippen LogP contribution is -2.08. The minimum Gasteiger partial charge on any atom is -0.508 e. The van der Waals surface area contributed by atoms with Crippen molar-refractivity contribution in [2.24, 2.45) is 0 Å². The van der Waals surface area contributed by atoms with Gasteiger partial charge in [0.05, 0.1) is 4.90 Å². The second-order valence-electron chi connectivity index (χ2n) is 5.70. The van der Waals surface area contributed by atoms with Gasteiger partial charge in [-0.05, 0) is 75.1 Å². The normalized spacial score (nSPS) is 11.7. The zero-order chi connectivity index (χ0) is 16.8. The predicted octanol–water partition coefficient (Wildman–Crippen LogP) is 3.47. The summed E-state index contributed by atoms with van der Waals surface area (Å²) in [6.45, 7) is 8.59. The van der Waals surface area contributed by atoms with Crippen molar-refractivity contribution in [1.82, 2.24) is 0 Å². The quantitative estimate of drug-likeness (QED) is 0.888. The van der Waals surface area contributed by atoms with Crippen molar-refractivity contribution in [1.29, 1.82) is 0 Å². The molecule has 0 unspecified atom stereocenters. The summed E-state index contributed by atoms with van der Waals surface area (Å²) in [5.74, 6) is -0.333. The number of benzene rings is 2. The van der Waals surface area contributed by atoms with E-state index in [0.29, 0.717) is 11.1 Å². The molecule has 0 aliphatic heterocycles. The smallest absolute Gasteiger partial charge is 0.210 e. The summed E-state index contributed by atoms with van der Waals surface area (Å²) in [5, 5.41) is 20.1. The molecule has 2 aromatic carbocycles. The second-order valence-corrected chi connectivity index (χ2v) is 7.56. The average molecular weight is 320 g/mol. The zero-order valence-corrected chi connectivity index (χ0v) is 14.2. The molecule has 2 N–H and O–H groups in total. The van der Waals surface area contributed by atoms with Gasteiger partial charge in [-0.2, -0.15) is 0 Å². The largest absolute Gasteiger partial charge is 0.508 e. The molecule has 0 radical (unpaired) electrons. The van der Waals surface area contributed by atoms with E-state index < -0.39 is 9.84 Å². The van der Waals surface area contributed by atoms with Crippen molar-refractivity contribution in [3.8, 4) is 11.5 Å². The molecule has 118 valence electrons. The number of aryl methyl sites for hydroxylation is 2. The summed E-state index contributed by atoms with van der Waals surface area (Å²) in [7, 11) is -3.93. The molecule has 0 fully saturated rings. The molecule has 5 heteroatoms. The maximum absolute atomic E-state index is 13.0. The van der Waals surface area contributed by atoms with Crippen LogP contribution in [-0.4, -0.2) is 18.6 Å². The van der Waals surface area contributed by atoms with E-state index in [1.807, 2.05) is 13.8 Å². The Hall–Kier alpha value is -2.01. The number of hydrogen-bond acceptors (Lipinski definition) is 4. The molecule has 2 aromatic rings. The maximum atomic E-state index is 13.0. The summed E-state index contributed by atoms with van der Waals surface area (Å²) >= 11 is 0. The third kappa shape index (κ3) is 2.46. The fourth-order valence-electron chi connectivity index (χ4n) is 2.57. The number of phenolic OH excluding ortho intramolecular Hbond substituents is 2. The van der Waals surface area contributed by atoms with Crippen LogP contribution in [0.5, 0.6) is 11.5 Å². The first kappa shape index (κ1) is 16.4. The van der Waals surface area contributed by atoms with E-state index in [9.17, 15) is 18.6 Å². The average Bonchev–Trinajstić information content (AvgIpc) is 2.39. The number of hydrogen-bond donors (Lipinski definition) is 2. The van der Waals surface area contributed by atoms with Crippen LogP contribution in [0.15, 0.2) is 28.0 Å². The van der Waals surface area contributed by atoms with Crippen LogP contribution in [0.4, 0.5) is 0 Å². The van der Waals surface area contributed by atoms with Crippen molar-refractivity contribution in [3.05, 3.63) is 46.0 Å². The first-order valence-electron chi connectivity index (χ1n) is 6.92. The summed E-state index contributed by atoms with van der Waals surface area (Å²) in [4.78, 5) is -0.0737. The third-order valence-electron chi connectivity index (χ3n) is 4.12.